The summed E-state index contributed by atoms with van der Waals surface area (Å²) in [5.41, 5.74) is 1.85. The average Bonchev–Trinajstić information content (AvgIpc) is 3.24. The van der Waals surface area contributed by atoms with Gasteiger partial charge in [0.05, 0.1) is 11.0 Å². The van der Waals surface area contributed by atoms with Crippen molar-refractivity contribution in [1.82, 2.24) is 20.3 Å². The summed E-state index contributed by atoms with van der Waals surface area (Å²) in [6.07, 6.45) is -4.52. The van der Waals surface area contributed by atoms with Gasteiger partial charge in [-0.2, -0.15) is 13.2 Å². The molecule has 0 unspecified atom stereocenters. The first-order chi connectivity index (χ1) is 13.2. The van der Waals surface area contributed by atoms with E-state index in [-0.39, 0.29) is 23.3 Å². The zero-order valence-corrected chi connectivity index (χ0v) is 16.0. The van der Waals surface area contributed by atoms with Gasteiger partial charge in [0.2, 0.25) is 5.01 Å². The number of alkyl halides is 3. The standard InChI is InChI=1S/C18H18F3N5OS/c1-9-8-26(6-5-22-9)16-14(25-17(28-16)18(19,20)21)15-23-12-4-3-11(10(2)27)7-13(12)24-15/h3-4,7,9,22H,5-6,8H2,1-2H3,(H,23,24)/t9-/m1/s1. The van der Waals surface area contributed by atoms with Crippen LogP contribution in [0.4, 0.5) is 18.2 Å². The summed E-state index contributed by atoms with van der Waals surface area (Å²) in [6, 6.07) is 5.14. The Labute approximate surface area is 162 Å². The van der Waals surface area contributed by atoms with Crippen LogP contribution in [-0.2, 0) is 6.18 Å². The zero-order valence-electron chi connectivity index (χ0n) is 15.2. The number of carbonyl (C=O) groups excluding carboxylic acids is 1. The van der Waals surface area contributed by atoms with Crippen LogP contribution in [-0.4, -0.2) is 46.4 Å². The fourth-order valence-electron chi connectivity index (χ4n) is 3.26. The van der Waals surface area contributed by atoms with E-state index >= 15 is 0 Å². The van der Waals surface area contributed by atoms with Crippen molar-refractivity contribution >= 4 is 33.2 Å². The molecule has 0 amide bonds. The minimum absolute atomic E-state index is 0.0958. The summed E-state index contributed by atoms with van der Waals surface area (Å²) < 4.78 is 40.0. The van der Waals surface area contributed by atoms with E-state index in [4.69, 9.17) is 0 Å². The molecule has 1 aliphatic heterocycles. The summed E-state index contributed by atoms with van der Waals surface area (Å²) in [5, 5.41) is 2.84. The van der Waals surface area contributed by atoms with E-state index in [0.717, 1.165) is 0 Å². The van der Waals surface area contributed by atoms with Crippen LogP contribution in [0.15, 0.2) is 18.2 Å². The first-order valence-corrected chi connectivity index (χ1v) is 9.61. The molecular weight excluding hydrogens is 391 g/mol. The highest BCUT2D eigenvalue weighted by atomic mass is 32.1. The molecule has 4 rings (SSSR count). The number of hydrogen-bond acceptors (Lipinski definition) is 6. The summed E-state index contributed by atoms with van der Waals surface area (Å²) in [6.45, 7) is 5.30. The van der Waals surface area contributed by atoms with Gasteiger partial charge in [-0.25, -0.2) is 9.97 Å². The van der Waals surface area contributed by atoms with Gasteiger partial charge in [-0.15, -0.1) is 0 Å². The van der Waals surface area contributed by atoms with Crippen LogP contribution in [0.5, 0.6) is 0 Å². The van der Waals surface area contributed by atoms with Gasteiger partial charge >= 0.3 is 6.18 Å². The number of halogens is 3. The molecule has 3 aromatic rings. The van der Waals surface area contributed by atoms with E-state index in [0.29, 0.717) is 52.6 Å². The van der Waals surface area contributed by atoms with Crippen LogP contribution in [0.3, 0.4) is 0 Å². The number of benzene rings is 1. The lowest BCUT2D eigenvalue weighted by atomic mass is 10.1. The van der Waals surface area contributed by atoms with E-state index in [9.17, 15) is 18.0 Å². The highest BCUT2D eigenvalue weighted by molar-refractivity contribution is 7.16. The molecule has 1 saturated heterocycles. The fraction of sp³-hybridized carbons (Fsp3) is 0.389. The molecule has 1 fully saturated rings. The Bertz CT molecular complexity index is 1040. The third-order valence-corrected chi connectivity index (χ3v) is 5.78. The van der Waals surface area contributed by atoms with Gasteiger partial charge in [-0.3, -0.25) is 4.79 Å². The molecule has 10 heteroatoms. The van der Waals surface area contributed by atoms with Gasteiger partial charge in [-0.1, -0.05) is 11.3 Å². The van der Waals surface area contributed by atoms with Crippen molar-refractivity contribution < 1.29 is 18.0 Å². The van der Waals surface area contributed by atoms with Crippen LogP contribution >= 0.6 is 11.3 Å². The number of imidazole rings is 1. The lowest BCUT2D eigenvalue weighted by molar-refractivity contribution is -0.137. The number of thiazole rings is 1. The highest BCUT2D eigenvalue weighted by Crippen LogP contribution is 2.42. The highest BCUT2D eigenvalue weighted by Gasteiger charge is 2.38. The quantitative estimate of drug-likeness (QED) is 0.646. The van der Waals surface area contributed by atoms with Gasteiger partial charge in [-0.05, 0) is 32.0 Å². The van der Waals surface area contributed by atoms with E-state index in [1.54, 1.807) is 18.2 Å². The SMILES string of the molecule is CC(=O)c1ccc2nc(-c3nc(C(F)(F)F)sc3N3CCN[C@H](C)C3)[nH]c2c1. The number of nitrogens with zero attached hydrogens (tertiary/aromatic N) is 3. The number of anilines is 1. The maximum Gasteiger partial charge on any atom is 0.443 e. The number of ketones is 1. The lowest BCUT2D eigenvalue weighted by Gasteiger charge is -2.32. The first-order valence-electron chi connectivity index (χ1n) is 8.80. The number of rotatable bonds is 3. The Morgan fingerprint density at radius 1 is 1.32 bits per heavy atom. The van der Waals surface area contributed by atoms with Gasteiger partial charge < -0.3 is 15.2 Å². The second-order valence-corrected chi connectivity index (χ2v) is 7.82. The Morgan fingerprint density at radius 3 is 2.79 bits per heavy atom. The van der Waals surface area contributed by atoms with Crippen LogP contribution in [0.2, 0.25) is 0 Å². The first kappa shape index (κ1) is 18.9. The van der Waals surface area contributed by atoms with Crippen LogP contribution in [0.25, 0.3) is 22.6 Å². The second-order valence-electron chi connectivity index (χ2n) is 6.85. The molecule has 0 saturated carbocycles. The van der Waals surface area contributed by atoms with Crippen molar-refractivity contribution in [2.24, 2.45) is 0 Å². The predicted octanol–water partition coefficient (Wildman–Crippen LogP) is 3.71. The Morgan fingerprint density at radius 2 is 2.11 bits per heavy atom. The molecule has 0 spiro atoms. The second kappa shape index (κ2) is 6.85. The Kier molecular flexibility index (Phi) is 4.62. The van der Waals surface area contributed by atoms with E-state index < -0.39 is 11.2 Å². The molecule has 0 radical (unpaired) electrons. The number of piperazine rings is 1. The van der Waals surface area contributed by atoms with E-state index in [1.165, 1.54) is 6.92 Å². The molecule has 28 heavy (non-hydrogen) atoms. The van der Waals surface area contributed by atoms with Gasteiger partial charge in [0.25, 0.3) is 0 Å². The van der Waals surface area contributed by atoms with Crippen molar-refractivity contribution in [3.63, 3.8) is 0 Å². The number of nitrogens with one attached hydrogen (secondary N) is 2. The van der Waals surface area contributed by atoms with Crippen molar-refractivity contribution in [2.75, 3.05) is 24.5 Å². The topological polar surface area (TPSA) is 73.9 Å². The largest absolute Gasteiger partial charge is 0.443 e. The summed E-state index contributed by atoms with van der Waals surface area (Å²) in [4.78, 5) is 24.8. The molecule has 0 aliphatic carbocycles. The maximum atomic E-state index is 13.3. The minimum Gasteiger partial charge on any atom is -0.359 e. The molecule has 0 bridgehead atoms. The fourth-order valence-corrected chi connectivity index (χ4v) is 4.23. The van der Waals surface area contributed by atoms with Gasteiger partial charge in [0, 0.05) is 31.2 Å². The number of aromatic amines is 1. The van der Waals surface area contributed by atoms with Crippen molar-refractivity contribution in [3.05, 3.63) is 28.8 Å². The van der Waals surface area contributed by atoms with Gasteiger partial charge in [0.1, 0.15) is 10.7 Å². The molecule has 6 nitrogen and oxygen atoms in total. The molecule has 1 aromatic carbocycles. The van der Waals surface area contributed by atoms with Crippen molar-refractivity contribution in [2.45, 2.75) is 26.1 Å². The number of carbonyl (C=O) groups is 1. The predicted molar refractivity (Wildman–Crippen MR) is 102 cm³/mol. The average molecular weight is 409 g/mol. The molecular formula is C18H18F3N5OS. The lowest BCUT2D eigenvalue weighted by Crippen LogP contribution is -2.49. The van der Waals surface area contributed by atoms with Crippen LogP contribution < -0.4 is 10.2 Å². The minimum atomic E-state index is -4.52. The molecule has 2 aromatic heterocycles. The maximum absolute atomic E-state index is 13.3. The number of aromatic nitrogens is 3. The summed E-state index contributed by atoms with van der Waals surface area (Å²) in [5.74, 6) is 0.171. The molecule has 148 valence electrons. The number of Topliss-reactive ketones (excluding diaryl/α,β-unsaturated/α-hetero) is 1. The molecule has 1 atom stereocenters. The zero-order chi connectivity index (χ0) is 20.1. The smallest absolute Gasteiger partial charge is 0.359 e. The van der Waals surface area contributed by atoms with E-state index in [2.05, 4.69) is 20.3 Å². The van der Waals surface area contributed by atoms with Crippen LogP contribution in [0.1, 0.15) is 29.2 Å². The normalized spacial score (nSPS) is 18.0. The molecule has 3 heterocycles. The summed E-state index contributed by atoms with van der Waals surface area (Å²) >= 11 is 0.636. The number of hydrogen-bond donors (Lipinski definition) is 2. The monoisotopic (exact) mass is 409 g/mol. The Hall–Kier alpha value is -2.46. The van der Waals surface area contributed by atoms with Crippen LogP contribution in [0, 0.1) is 0 Å². The number of fused-ring (bicyclic) bond motifs is 1. The number of H-pyrrole nitrogens is 1. The molecule has 1 aliphatic rings. The Balaban J connectivity index is 1.82. The van der Waals surface area contributed by atoms with Crippen molar-refractivity contribution in [3.8, 4) is 11.5 Å². The third-order valence-electron chi connectivity index (χ3n) is 4.62. The van der Waals surface area contributed by atoms with E-state index in [1.807, 2.05) is 11.8 Å². The van der Waals surface area contributed by atoms with Crippen molar-refractivity contribution in [1.29, 1.82) is 0 Å². The third kappa shape index (κ3) is 3.49. The molecule has 2 N–H and O–H groups in total. The summed E-state index contributed by atoms with van der Waals surface area (Å²) in [7, 11) is 0. The van der Waals surface area contributed by atoms with Gasteiger partial charge in [0.15, 0.2) is 11.6 Å².